The minimum Gasteiger partial charge on any atom is -0.489 e. The fourth-order valence-electron chi connectivity index (χ4n) is 18.8. The molecule has 2 unspecified atom stereocenters. The van der Waals surface area contributed by atoms with E-state index in [9.17, 15) is 0 Å². The first kappa shape index (κ1) is 67.3. The second-order valence-corrected chi connectivity index (χ2v) is 31.8. The lowest BCUT2D eigenvalue weighted by Crippen LogP contribution is -2.29. The van der Waals surface area contributed by atoms with Gasteiger partial charge in [-0.05, 0) is 262 Å². The third-order valence-electron chi connectivity index (χ3n) is 24.9. The molecule has 0 fully saturated rings. The van der Waals surface area contributed by atoms with Gasteiger partial charge in [0.05, 0.1) is 5.41 Å². The molecule has 0 aromatic heterocycles. The zero-order valence-corrected chi connectivity index (χ0v) is 63.0. The molecule has 0 spiro atoms. The number of rotatable bonds is 19. The minimum atomic E-state index is -0.833. The Kier molecular flexibility index (Phi) is 16.8. The van der Waals surface area contributed by atoms with Crippen molar-refractivity contribution in [3.8, 4) is 72.5 Å². The monoisotopic (exact) mass is 1400 g/mol. The maximum Gasteiger partial charge on any atom is 0.119 e. The van der Waals surface area contributed by atoms with E-state index in [1.807, 2.05) is 0 Å². The normalized spacial score (nSPS) is 14.5. The number of ether oxygens (including phenoxy) is 1. The van der Waals surface area contributed by atoms with Gasteiger partial charge in [-0.2, -0.15) is 0 Å². The SMILES string of the molecule is CCC(CC(C)c1ccc(-c2ccc3c(c2)CC3)cc1)c1ccc(COc2ccc(C3(c4ccccc4)c4cc(N(c5ccc(-c6ccccc6)cc5)c5ccc6c(c5)C(C)(C)c5ccccc5-6)ccc4-c4ccc(N(c5ccc(-c6ccccc6)cc5)c5ccc6c(c5)C(C)(C)c5ccccc5-6)cc43)cc2)cc1. The van der Waals surface area contributed by atoms with Crippen molar-refractivity contribution in [1.82, 2.24) is 0 Å². The summed E-state index contributed by atoms with van der Waals surface area (Å²) in [7, 11) is 0. The van der Waals surface area contributed by atoms with Gasteiger partial charge >= 0.3 is 0 Å². The van der Waals surface area contributed by atoms with Gasteiger partial charge < -0.3 is 14.5 Å². The molecule has 0 radical (unpaired) electrons. The topological polar surface area (TPSA) is 15.7 Å². The van der Waals surface area contributed by atoms with Gasteiger partial charge in [0.25, 0.3) is 0 Å². The quantitative estimate of drug-likeness (QED) is 0.0802. The van der Waals surface area contributed by atoms with E-state index in [-0.39, 0.29) is 10.8 Å². The fourth-order valence-corrected chi connectivity index (χ4v) is 18.8. The molecule has 528 valence electrons. The highest BCUT2D eigenvalue weighted by atomic mass is 16.5. The average molecular weight is 1410 g/mol. The fraction of sp³-hybridized carbons (Fsp3) is 0.151. The van der Waals surface area contributed by atoms with Crippen LogP contribution in [0, 0.1) is 0 Å². The van der Waals surface area contributed by atoms with Crippen molar-refractivity contribution in [3.05, 3.63) is 424 Å². The Bertz CT molecular complexity index is 5670. The summed E-state index contributed by atoms with van der Waals surface area (Å²) in [5.74, 6) is 1.69. The van der Waals surface area contributed by atoms with Gasteiger partial charge in [0.1, 0.15) is 12.4 Å². The van der Waals surface area contributed by atoms with E-state index in [2.05, 4.69) is 403 Å². The van der Waals surface area contributed by atoms with Gasteiger partial charge in [-0.1, -0.05) is 308 Å². The Morgan fingerprint density at radius 1 is 0.312 bits per heavy atom. The van der Waals surface area contributed by atoms with Crippen LogP contribution >= 0.6 is 0 Å². The van der Waals surface area contributed by atoms with Crippen LogP contribution in [0.4, 0.5) is 34.1 Å². The van der Waals surface area contributed by atoms with Crippen molar-refractivity contribution >= 4 is 34.1 Å². The minimum absolute atomic E-state index is 0.209. The lowest BCUT2D eigenvalue weighted by Gasteiger charge is -2.36. The molecule has 4 aliphatic carbocycles. The van der Waals surface area contributed by atoms with Gasteiger partial charge in [-0.3, -0.25) is 0 Å². The summed E-state index contributed by atoms with van der Waals surface area (Å²) in [6, 6.07) is 133. The van der Waals surface area contributed by atoms with Gasteiger partial charge in [0.15, 0.2) is 0 Å². The molecule has 0 N–H and O–H groups in total. The van der Waals surface area contributed by atoms with Crippen molar-refractivity contribution in [2.24, 2.45) is 0 Å². The predicted octanol–water partition coefficient (Wildman–Crippen LogP) is 28.0. The standard InChI is InChI=1S/C106H88N2O/c1-7-72(63-70(2)73-35-37-79(38-36-73)81-41-39-80-40-42-82(80)64-81)76-33-31-71(32-34-76)69-109-91-57-47-84(48-58-91)106(83-25-15-10-16-26-83)102-67-89(107(85-49-43-77(44-50-85)74-21-11-8-12-22-74)87-53-59-94-92-27-17-19-29-98(92)104(3,4)100(94)65-87)55-61-96(102)97-62-56-90(68-103(97)106)108(86-51-45-78(46-52-86)75-23-13-9-14-24-75)88-54-60-95-93-28-18-20-30-99(93)105(5,6)101(95)66-88/h8-39,41,43-62,64-68,70,72H,7,40,42,63,69H2,1-6H3. The summed E-state index contributed by atoms with van der Waals surface area (Å²) in [6.45, 7) is 14.7. The van der Waals surface area contributed by atoms with E-state index >= 15 is 0 Å². The maximum atomic E-state index is 6.88. The number of hydrogen-bond acceptors (Lipinski definition) is 3. The van der Waals surface area contributed by atoms with Gasteiger partial charge in [0, 0.05) is 45.0 Å². The van der Waals surface area contributed by atoms with E-state index < -0.39 is 5.41 Å². The van der Waals surface area contributed by atoms with Crippen LogP contribution in [-0.2, 0) is 35.7 Å². The summed E-state index contributed by atoms with van der Waals surface area (Å²) in [5.41, 5.74) is 37.3. The molecule has 0 amide bonds. The highest BCUT2D eigenvalue weighted by Crippen LogP contribution is 2.60. The second kappa shape index (κ2) is 27.2. The molecule has 109 heavy (non-hydrogen) atoms. The number of hydrogen-bond donors (Lipinski definition) is 0. The molecule has 15 aromatic rings. The third-order valence-corrected chi connectivity index (χ3v) is 24.9. The molecule has 4 aliphatic rings. The average Bonchev–Trinajstić information content (AvgIpc) is 1.55. The van der Waals surface area contributed by atoms with Crippen LogP contribution in [0.5, 0.6) is 5.75 Å². The van der Waals surface area contributed by atoms with Crippen LogP contribution in [0.3, 0.4) is 0 Å². The number of anilines is 6. The Morgan fingerprint density at radius 2 is 0.688 bits per heavy atom. The molecule has 0 saturated heterocycles. The Labute approximate surface area is 643 Å². The summed E-state index contributed by atoms with van der Waals surface area (Å²) >= 11 is 0. The van der Waals surface area contributed by atoms with Crippen LogP contribution in [0.2, 0.25) is 0 Å². The predicted molar refractivity (Wildman–Crippen MR) is 455 cm³/mol. The van der Waals surface area contributed by atoms with Gasteiger partial charge in [-0.15, -0.1) is 0 Å². The van der Waals surface area contributed by atoms with E-state index in [4.69, 9.17) is 4.74 Å². The van der Waals surface area contributed by atoms with E-state index in [1.54, 1.807) is 0 Å². The molecule has 0 saturated carbocycles. The first-order chi connectivity index (χ1) is 53.4. The lowest BCUT2D eigenvalue weighted by atomic mass is 9.67. The summed E-state index contributed by atoms with van der Waals surface area (Å²) in [4.78, 5) is 4.99. The number of nitrogens with zero attached hydrogens (tertiary/aromatic N) is 2. The van der Waals surface area contributed by atoms with Crippen LogP contribution in [0.25, 0.3) is 66.8 Å². The van der Waals surface area contributed by atoms with Crippen LogP contribution < -0.4 is 14.5 Å². The van der Waals surface area contributed by atoms with Crippen molar-refractivity contribution in [1.29, 1.82) is 0 Å². The van der Waals surface area contributed by atoms with Crippen molar-refractivity contribution in [3.63, 3.8) is 0 Å². The van der Waals surface area contributed by atoms with E-state index in [0.29, 0.717) is 18.4 Å². The highest BCUT2D eigenvalue weighted by molar-refractivity contribution is 5.94. The second-order valence-electron chi connectivity index (χ2n) is 31.8. The summed E-state index contributed by atoms with van der Waals surface area (Å²) in [6.07, 6.45) is 4.58. The molecule has 0 aliphatic heterocycles. The lowest BCUT2D eigenvalue weighted by molar-refractivity contribution is 0.306. The molecule has 0 heterocycles. The van der Waals surface area contributed by atoms with Crippen molar-refractivity contribution in [2.75, 3.05) is 9.80 Å². The third kappa shape index (κ3) is 11.6. The first-order valence-electron chi connectivity index (χ1n) is 39.2. The highest BCUT2D eigenvalue weighted by Gasteiger charge is 2.48. The summed E-state index contributed by atoms with van der Waals surface area (Å²) in [5, 5.41) is 0. The molecule has 3 nitrogen and oxygen atoms in total. The zero-order chi connectivity index (χ0) is 73.5. The van der Waals surface area contributed by atoms with E-state index in [0.717, 1.165) is 63.8 Å². The largest absolute Gasteiger partial charge is 0.489 e. The molecule has 0 bridgehead atoms. The maximum absolute atomic E-state index is 6.88. The molecular formula is C106H88N2O. The number of benzene rings is 15. The molecule has 2 atom stereocenters. The van der Waals surface area contributed by atoms with Crippen LogP contribution in [0.1, 0.15) is 139 Å². The van der Waals surface area contributed by atoms with Crippen molar-refractivity contribution in [2.45, 2.75) is 102 Å². The van der Waals surface area contributed by atoms with Crippen LogP contribution in [0.15, 0.2) is 352 Å². The Hall–Kier alpha value is -12.3. The van der Waals surface area contributed by atoms with Gasteiger partial charge in [-0.25, -0.2) is 0 Å². The Morgan fingerprint density at radius 3 is 1.16 bits per heavy atom. The molecule has 19 rings (SSSR count). The van der Waals surface area contributed by atoms with Crippen LogP contribution in [-0.4, -0.2) is 0 Å². The first-order valence-corrected chi connectivity index (χ1v) is 39.2. The number of fused-ring (bicyclic) bond motifs is 10. The zero-order valence-electron chi connectivity index (χ0n) is 63.0. The smallest absolute Gasteiger partial charge is 0.119 e. The molecular weight excluding hydrogens is 1320 g/mol. The number of aryl methyl sites for hydroxylation is 2. The molecule has 3 heteroatoms. The van der Waals surface area contributed by atoms with Crippen molar-refractivity contribution < 1.29 is 4.74 Å². The summed E-state index contributed by atoms with van der Waals surface area (Å²) < 4.78 is 6.88. The Balaban J connectivity index is 0.724. The molecule has 15 aromatic carbocycles. The van der Waals surface area contributed by atoms with Gasteiger partial charge in [0.2, 0.25) is 0 Å². The van der Waals surface area contributed by atoms with E-state index in [1.165, 1.54) is 141 Å².